The van der Waals surface area contributed by atoms with Crippen molar-refractivity contribution < 1.29 is 0 Å². The molecule has 14 heavy (non-hydrogen) atoms. The number of aromatic amines is 1. The number of hydrogen-bond acceptors (Lipinski definition) is 4. The molecule has 1 aromatic rings. The van der Waals surface area contributed by atoms with E-state index in [0.29, 0.717) is 12.0 Å². The van der Waals surface area contributed by atoms with Crippen LogP contribution in [0.5, 0.6) is 0 Å². The van der Waals surface area contributed by atoms with Crippen molar-refractivity contribution >= 4 is 11.8 Å². The molecule has 0 saturated carbocycles. The summed E-state index contributed by atoms with van der Waals surface area (Å²) in [5, 5.41) is 11.0. The summed E-state index contributed by atoms with van der Waals surface area (Å²) in [6, 6.07) is 0.513. The Balaban J connectivity index is 2.39. The fraction of sp³-hybridized carbons (Fsp3) is 0.778. The maximum Gasteiger partial charge on any atom is 0.208 e. The van der Waals surface area contributed by atoms with Crippen LogP contribution in [0.15, 0.2) is 5.16 Å². The van der Waals surface area contributed by atoms with Crippen LogP contribution in [-0.4, -0.2) is 34.0 Å². The maximum atomic E-state index is 4.24. The summed E-state index contributed by atoms with van der Waals surface area (Å²) in [7, 11) is 1.99. The molecule has 0 bridgehead atoms. The number of H-pyrrole nitrogens is 1. The lowest BCUT2D eigenvalue weighted by Gasteiger charge is -2.18. The standard InChI is InChI=1S/C9H18N4S/c1-6(2)8(10-4)5-14-9-11-7(3)12-13-9/h6,8,10H,5H2,1-4H3,(H,11,12,13). The maximum absolute atomic E-state index is 4.24. The van der Waals surface area contributed by atoms with E-state index in [2.05, 4.69) is 34.3 Å². The fourth-order valence-corrected chi connectivity index (χ4v) is 2.35. The monoisotopic (exact) mass is 214 g/mol. The second kappa shape index (κ2) is 5.36. The lowest BCUT2D eigenvalue weighted by Crippen LogP contribution is -2.32. The molecule has 0 radical (unpaired) electrons. The average Bonchev–Trinajstić information content (AvgIpc) is 2.52. The van der Waals surface area contributed by atoms with Gasteiger partial charge in [-0.25, -0.2) is 4.98 Å². The highest BCUT2D eigenvalue weighted by Gasteiger charge is 2.12. The number of aryl methyl sites for hydroxylation is 1. The zero-order valence-corrected chi connectivity index (χ0v) is 9.98. The average molecular weight is 214 g/mol. The molecule has 0 spiro atoms. The molecule has 1 unspecified atom stereocenters. The first-order valence-corrected chi connectivity index (χ1v) is 5.81. The third kappa shape index (κ3) is 3.31. The smallest absolute Gasteiger partial charge is 0.208 e. The van der Waals surface area contributed by atoms with Crippen LogP contribution in [-0.2, 0) is 0 Å². The Labute approximate surface area is 89.3 Å². The zero-order valence-electron chi connectivity index (χ0n) is 9.16. The summed E-state index contributed by atoms with van der Waals surface area (Å²) in [4.78, 5) is 4.24. The van der Waals surface area contributed by atoms with E-state index in [-0.39, 0.29) is 0 Å². The first-order chi connectivity index (χ1) is 6.63. The Bertz CT molecular complexity index is 272. The van der Waals surface area contributed by atoms with Crippen molar-refractivity contribution in [1.29, 1.82) is 0 Å². The van der Waals surface area contributed by atoms with Crippen molar-refractivity contribution in [3.8, 4) is 0 Å². The molecule has 0 aliphatic carbocycles. The topological polar surface area (TPSA) is 53.6 Å². The van der Waals surface area contributed by atoms with Gasteiger partial charge in [-0.05, 0) is 19.9 Å². The molecule has 80 valence electrons. The van der Waals surface area contributed by atoms with Gasteiger partial charge in [0, 0.05) is 11.8 Å². The predicted octanol–water partition coefficient (Wildman–Crippen LogP) is 1.45. The second-order valence-corrected chi connectivity index (χ2v) is 4.64. The summed E-state index contributed by atoms with van der Waals surface area (Å²) in [5.74, 6) is 2.51. The van der Waals surface area contributed by atoms with Gasteiger partial charge in [0.15, 0.2) is 0 Å². The number of hydrogen-bond donors (Lipinski definition) is 2. The summed E-state index contributed by atoms with van der Waals surface area (Å²) >= 11 is 1.69. The van der Waals surface area contributed by atoms with Crippen LogP contribution < -0.4 is 5.32 Å². The highest BCUT2D eigenvalue weighted by molar-refractivity contribution is 7.99. The zero-order chi connectivity index (χ0) is 10.6. The molecule has 1 heterocycles. The Morgan fingerprint density at radius 2 is 2.21 bits per heavy atom. The molecule has 1 atom stereocenters. The van der Waals surface area contributed by atoms with E-state index >= 15 is 0 Å². The van der Waals surface area contributed by atoms with Gasteiger partial charge in [-0.15, -0.1) is 5.10 Å². The van der Waals surface area contributed by atoms with E-state index in [0.717, 1.165) is 16.7 Å². The Morgan fingerprint density at radius 3 is 2.64 bits per heavy atom. The number of nitrogens with one attached hydrogen (secondary N) is 2. The van der Waals surface area contributed by atoms with Crippen LogP contribution in [0.4, 0.5) is 0 Å². The van der Waals surface area contributed by atoms with E-state index in [1.54, 1.807) is 11.8 Å². The van der Waals surface area contributed by atoms with Gasteiger partial charge in [-0.2, -0.15) is 0 Å². The number of rotatable bonds is 5. The molecular formula is C9H18N4S. The highest BCUT2D eigenvalue weighted by Crippen LogP contribution is 2.16. The molecule has 4 nitrogen and oxygen atoms in total. The SMILES string of the molecule is CNC(CSc1n[nH]c(C)n1)C(C)C. The third-order valence-corrected chi connectivity index (χ3v) is 3.11. The lowest BCUT2D eigenvalue weighted by molar-refractivity contribution is 0.465. The van der Waals surface area contributed by atoms with Crippen molar-refractivity contribution in [1.82, 2.24) is 20.5 Å². The minimum absolute atomic E-state index is 0.513. The molecule has 0 aliphatic heterocycles. The van der Waals surface area contributed by atoms with Gasteiger partial charge in [0.25, 0.3) is 0 Å². The van der Waals surface area contributed by atoms with Crippen molar-refractivity contribution in [3.05, 3.63) is 5.82 Å². The largest absolute Gasteiger partial charge is 0.316 e. The van der Waals surface area contributed by atoms with E-state index in [1.165, 1.54) is 0 Å². The van der Waals surface area contributed by atoms with Crippen LogP contribution >= 0.6 is 11.8 Å². The summed E-state index contributed by atoms with van der Waals surface area (Å²) in [6.07, 6.45) is 0. The lowest BCUT2D eigenvalue weighted by atomic mass is 10.1. The van der Waals surface area contributed by atoms with Crippen molar-refractivity contribution in [2.24, 2.45) is 5.92 Å². The van der Waals surface area contributed by atoms with Gasteiger partial charge < -0.3 is 5.32 Å². The first kappa shape index (κ1) is 11.5. The van der Waals surface area contributed by atoms with Gasteiger partial charge >= 0.3 is 0 Å². The summed E-state index contributed by atoms with van der Waals surface area (Å²) in [5.41, 5.74) is 0. The van der Waals surface area contributed by atoms with Crippen LogP contribution in [0.3, 0.4) is 0 Å². The molecule has 0 aliphatic rings. The molecule has 1 aromatic heterocycles. The normalized spacial score (nSPS) is 13.5. The van der Waals surface area contributed by atoms with Gasteiger partial charge in [0.1, 0.15) is 5.82 Å². The minimum Gasteiger partial charge on any atom is -0.316 e. The molecule has 0 amide bonds. The molecule has 0 saturated heterocycles. The summed E-state index contributed by atoms with van der Waals surface area (Å²) in [6.45, 7) is 6.34. The second-order valence-electron chi connectivity index (χ2n) is 3.65. The predicted molar refractivity (Wildman–Crippen MR) is 59.5 cm³/mol. The van der Waals surface area contributed by atoms with Crippen molar-refractivity contribution in [3.63, 3.8) is 0 Å². The summed E-state index contributed by atoms with van der Waals surface area (Å²) < 4.78 is 0. The Kier molecular flexibility index (Phi) is 4.41. The van der Waals surface area contributed by atoms with E-state index in [1.807, 2.05) is 14.0 Å². The van der Waals surface area contributed by atoms with Gasteiger partial charge in [0.05, 0.1) is 0 Å². The minimum atomic E-state index is 0.513. The number of thioether (sulfide) groups is 1. The molecular weight excluding hydrogens is 196 g/mol. The third-order valence-electron chi connectivity index (χ3n) is 2.14. The van der Waals surface area contributed by atoms with Gasteiger partial charge in [-0.1, -0.05) is 25.6 Å². The van der Waals surface area contributed by atoms with Crippen LogP contribution in [0.1, 0.15) is 19.7 Å². The van der Waals surface area contributed by atoms with Crippen LogP contribution in [0, 0.1) is 12.8 Å². The molecule has 1 rings (SSSR count). The Morgan fingerprint density at radius 1 is 1.50 bits per heavy atom. The van der Waals surface area contributed by atoms with Gasteiger partial charge in [0.2, 0.25) is 5.16 Å². The fourth-order valence-electron chi connectivity index (χ4n) is 1.16. The van der Waals surface area contributed by atoms with Crippen LogP contribution in [0.2, 0.25) is 0 Å². The number of aromatic nitrogens is 3. The quantitative estimate of drug-likeness (QED) is 0.728. The van der Waals surface area contributed by atoms with Crippen molar-refractivity contribution in [2.45, 2.75) is 32.0 Å². The van der Waals surface area contributed by atoms with E-state index in [4.69, 9.17) is 0 Å². The van der Waals surface area contributed by atoms with E-state index in [9.17, 15) is 0 Å². The first-order valence-electron chi connectivity index (χ1n) is 4.82. The van der Waals surface area contributed by atoms with Crippen molar-refractivity contribution in [2.75, 3.05) is 12.8 Å². The van der Waals surface area contributed by atoms with Crippen LogP contribution in [0.25, 0.3) is 0 Å². The molecule has 0 fully saturated rings. The molecule has 5 heteroatoms. The number of nitrogens with zero attached hydrogens (tertiary/aromatic N) is 2. The van der Waals surface area contributed by atoms with E-state index < -0.39 is 0 Å². The highest BCUT2D eigenvalue weighted by atomic mass is 32.2. The van der Waals surface area contributed by atoms with Gasteiger partial charge in [-0.3, -0.25) is 5.10 Å². The molecule has 2 N–H and O–H groups in total. The molecule has 0 aromatic carbocycles. The Hall–Kier alpha value is -0.550.